The van der Waals surface area contributed by atoms with Crippen LogP contribution in [0.3, 0.4) is 0 Å². The zero-order valence-corrected chi connectivity index (χ0v) is 6.93. The molecule has 0 amide bonds. The lowest BCUT2D eigenvalue weighted by atomic mass is 10.3. The number of rotatable bonds is 1. The Morgan fingerprint density at radius 1 is 1.30 bits per heavy atom. The molecular weight excluding hydrogens is 253 g/mol. The third-order valence-corrected chi connectivity index (χ3v) is 1.45. The van der Waals surface area contributed by atoms with Crippen molar-refractivity contribution >= 4 is 23.0 Å². The van der Waals surface area contributed by atoms with Crippen LogP contribution in [0.25, 0.3) is 0 Å². The number of halogens is 3. The van der Waals surface area contributed by atoms with Gasteiger partial charge in [0.2, 0.25) is 0 Å². The summed E-state index contributed by atoms with van der Waals surface area (Å²) in [6.07, 6.45) is 0. The molecule has 0 aromatic heterocycles. The highest BCUT2D eigenvalue weighted by Gasteiger charge is 2.02. The van der Waals surface area contributed by atoms with Gasteiger partial charge in [-0.05, 0) is 12.1 Å². The summed E-state index contributed by atoms with van der Waals surface area (Å²) in [6, 6.07) is 3.14. The Bertz CT molecular complexity index is 239. The summed E-state index contributed by atoms with van der Waals surface area (Å²) in [6.45, 7) is 0. The van der Waals surface area contributed by atoms with Crippen LogP contribution < -0.4 is 3.07 Å². The largest absolute Gasteiger partial charge is 0.425 e. The lowest BCUT2D eigenvalue weighted by Crippen LogP contribution is -1.82. The highest BCUT2D eigenvalue weighted by molar-refractivity contribution is 14.1. The molecule has 0 saturated heterocycles. The molecule has 1 aromatic rings. The second-order valence-corrected chi connectivity index (χ2v) is 2.09. The van der Waals surface area contributed by atoms with E-state index in [1.165, 1.54) is 29.1 Å². The van der Waals surface area contributed by atoms with E-state index in [0.717, 1.165) is 12.1 Å². The van der Waals surface area contributed by atoms with Crippen molar-refractivity contribution in [3.8, 4) is 5.75 Å². The monoisotopic (exact) mass is 256 g/mol. The van der Waals surface area contributed by atoms with E-state index in [9.17, 15) is 8.78 Å². The predicted octanol–water partition coefficient (Wildman–Crippen LogP) is 2.69. The van der Waals surface area contributed by atoms with E-state index < -0.39 is 11.6 Å². The quantitative estimate of drug-likeness (QED) is 0.702. The zero-order chi connectivity index (χ0) is 7.56. The Kier molecular flexibility index (Phi) is 2.42. The molecule has 0 heterocycles. The molecule has 0 aliphatic carbocycles. The molecule has 0 spiro atoms. The fourth-order valence-electron chi connectivity index (χ4n) is 0.538. The summed E-state index contributed by atoms with van der Waals surface area (Å²) in [7, 11) is 0. The van der Waals surface area contributed by atoms with Gasteiger partial charge in [0.05, 0.1) is 0 Å². The Morgan fingerprint density at radius 3 is 2.50 bits per heavy atom. The van der Waals surface area contributed by atoms with E-state index in [1.807, 2.05) is 0 Å². The van der Waals surface area contributed by atoms with Crippen LogP contribution in [0.4, 0.5) is 8.78 Å². The lowest BCUT2D eigenvalue weighted by molar-refractivity contribution is 0.544. The van der Waals surface area contributed by atoms with Gasteiger partial charge in [0.1, 0.15) is 5.82 Å². The van der Waals surface area contributed by atoms with Crippen LogP contribution in [0.2, 0.25) is 0 Å². The minimum Gasteiger partial charge on any atom is -0.425 e. The highest BCUT2D eigenvalue weighted by atomic mass is 127. The van der Waals surface area contributed by atoms with Gasteiger partial charge >= 0.3 is 0 Å². The van der Waals surface area contributed by atoms with Crippen LogP contribution in [-0.2, 0) is 0 Å². The third-order valence-electron chi connectivity index (χ3n) is 0.977. The standard InChI is InChI=1S/C6H3F2IO/c7-4-1-2-6(10-9)5(8)3-4/h1-3H. The maximum atomic E-state index is 12.5. The highest BCUT2D eigenvalue weighted by Crippen LogP contribution is 2.18. The van der Waals surface area contributed by atoms with Gasteiger partial charge < -0.3 is 3.07 Å². The first-order valence-corrected chi connectivity index (χ1v) is 3.36. The van der Waals surface area contributed by atoms with E-state index in [2.05, 4.69) is 3.07 Å². The van der Waals surface area contributed by atoms with Gasteiger partial charge in [0.25, 0.3) is 0 Å². The van der Waals surface area contributed by atoms with Crippen molar-refractivity contribution < 1.29 is 11.8 Å². The Balaban J connectivity index is 3.07. The first-order chi connectivity index (χ1) is 4.74. The minimum atomic E-state index is -0.686. The van der Waals surface area contributed by atoms with Crippen LogP contribution in [0, 0.1) is 11.6 Å². The summed E-state index contributed by atoms with van der Waals surface area (Å²) in [5, 5.41) is 0. The Hall–Kier alpha value is -0.390. The molecule has 0 atom stereocenters. The third kappa shape index (κ3) is 1.56. The van der Waals surface area contributed by atoms with Crippen molar-refractivity contribution in [3.63, 3.8) is 0 Å². The molecule has 0 saturated carbocycles. The van der Waals surface area contributed by atoms with Gasteiger partial charge in [-0.25, -0.2) is 8.78 Å². The molecule has 0 unspecified atom stereocenters. The van der Waals surface area contributed by atoms with Gasteiger partial charge in [0, 0.05) is 6.07 Å². The maximum absolute atomic E-state index is 12.5. The second kappa shape index (κ2) is 3.14. The van der Waals surface area contributed by atoms with E-state index in [0.29, 0.717) is 0 Å². The molecule has 1 rings (SSSR count). The van der Waals surface area contributed by atoms with Crippen LogP contribution in [-0.4, -0.2) is 0 Å². The van der Waals surface area contributed by atoms with Crippen molar-refractivity contribution in [1.29, 1.82) is 0 Å². The minimum absolute atomic E-state index is 0.0435. The first-order valence-electron chi connectivity index (χ1n) is 2.47. The fraction of sp³-hybridized carbons (Fsp3) is 0. The van der Waals surface area contributed by atoms with E-state index in [-0.39, 0.29) is 5.75 Å². The smallest absolute Gasteiger partial charge is 0.192 e. The van der Waals surface area contributed by atoms with Gasteiger partial charge in [-0.2, -0.15) is 0 Å². The first kappa shape index (κ1) is 7.71. The molecule has 0 N–H and O–H groups in total. The topological polar surface area (TPSA) is 9.23 Å². The lowest BCUT2D eigenvalue weighted by Gasteiger charge is -1.96. The van der Waals surface area contributed by atoms with Gasteiger partial charge in [-0.1, -0.05) is 0 Å². The van der Waals surface area contributed by atoms with Crippen LogP contribution in [0.1, 0.15) is 0 Å². The average Bonchev–Trinajstić information content (AvgIpc) is 1.88. The van der Waals surface area contributed by atoms with E-state index >= 15 is 0 Å². The van der Waals surface area contributed by atoms with E-state index in [4.69, 9.17) is 0 Å². The van der Waals surface area contributed by atoms with Crippen molar-refractivity contribution in [2.45, 2.75) is 0 Å². The number of hydrogen-bond donors (Lipinski definition) is 0. The number of benzene rings is 1. The molecule has 0 fully saturated rings. The molecule has 54 valence electrons. The fourth-order valence-corrected chi connectivity index (χ4v) is 0.895. The SMILES string of the molecule is Fc1ccc(OI)c(F)c1. The molecule has 0 aliphatic heterocycles. The van der Waals surface area contributed by atoms with E-state index in [1.54, 1.807) is 0 Å². The van der Waals surface area contributed by atoms with Crippen LogP contribution >= 0.6 is 23.0 Å². The van der Waals surface area contributed by atoms with Crippen molar-refractivity contribution in [2.75, 3.05) is 0 Å². The molecule has 0 bridgehead atoms. The average molecular weight is 256 g/mol. The van der Waals surface area contributed by atoms with Crippen LogP contribution in [0.15, 0.2) is 18.2 Å². The van der Waals surface area contributed by atoms with Gasteiger partial charge in [0.15, 0.2) is 34.6 Å². The summed E-state index contributed by atoms with van der Waals surface area (Å²) in [4.78, 5) is 0. The predicted molar refractivity (Wildman–Crippen MR) is 41.0 cm³/mol. The molecule has 1 aromatic carbocycles. The molecule has 1 nitrogen and oxygen atoms in total. The van der Waals surface area contributed by atoms with Gasteiger partial charge in [-0.15, -0.1) is 0 Å². The maximum Gasteiger partial charge on any atom is 0.192 e. The summed E-state index contributed by atoms with van der Waals surface area (Å²) >= 11 is 1.53. The Labute approximate surface area is 70.7 Å². The Morgan fingerprint density at radius 2 is 2.00 bits per heavy atom. The molecule has 0 aliphatic rings. The summed E-state index contributed by atoms with van der Waals surface area (Å²) in [5.41, 5.74) is 0. The summed E-state index contributed by atoms with van der Waals surface area (Å²) in [5.74, 6) is -1.24. The molecular formula is C6H3F2IO. The number of hydrogen-bond acceptors (Lipinski definition) is 1. The van der Waals surface area contributed by atoms with Crippen molar-refractivity contribution in [2.24, 2.45) is 0 Å². The van der Waals surface area contributed by atoms with Gasteiger partial charge in [-0.3, -0.25) is 0 Å². The van der Waals surface area contributed by atoms with Crippen molar-refractivity contribution in [1.82, 2.24) is 0 Å². The molecule has 4 heteroatoms. The van der Waals surface area contributed by atoms with Crippen LogP contribution in [0.5, 0.6) is 5.75 Å². The zero-order valence-electron chi connectivity index (χ0n) is 4.77. The second-order valence-electron chi connectivity index (χ2n) is 1.65. The molecule has 0 radical (unpaired) electrons. The normalized spacial score (nSPS) is 9.50. The molecule has 10 heavy (non-hydrogen) atoms. The van der Waals surface area contributed by atoms with Crippen molar-refractivity contribution in [3.05, 3.63) is 29.8 Å². The summed E-state index contributed by atoms with van der Waals surface area (Å²) < 4.78 is 29.2.